The summed E-state index contributed by atoms with van der Waals surface area (Å²) in [6.45, 7) is 7.30. The molecular formula is C21H23FN4O2S. The Bertz CT molecular complexity index is 1060. The van der Waals surface area contributed by atoms with E-state index in [4.69, 9.17) is 4.74 Å². The van der Waals surface area contributed by atoms with Gasteiger partial charge in [0, 0.05) is 19.2 Å². The maximum atomic E-state index is 13.7. The van der Waals surface area contributed by atoms with Crippen molar-refractivity contribution in [2.24, 2.45) is 0 Å². The Hall–Kier alpha value is -2.74. The number of hydrogen-bond acceptors (Lipinski definition) is 6. The molecule has 1 N–H and O–H groups in total. The molecular weight excluding hydrogens is 391 g/mol. The average Bonchev–Trinajstić information content (AvgIpc) is 3.32. The van der Waals surface area contributed by atoms with Gasteiger partial charge in [-0.3, -0.25) is 4.79 Å². The van der Waals surface area contributed by atoms with Crippen molar-refractivity contribution in [3.8, 4) is 5.75 Å². The molecule has 6 nitrogen and oxygen atoms in total. The number of fused-ring (bicyclic) bond motifs is 1. The van der Waals surface area contributed by atoms with Crippen LogP contribution in [0.25, 0.3) is 10.2 Å². The normalized spacial score (nSPS) is 14.0. The molecule has 29 heavy (non-hydrogen) atoms. The maximum Gasteiger partial charge on any atom is 0.264 e. The zero-order chi connectivity index (χ0) is 20.5. The summed E-state index contributed by atoms with van der Waals surface area (Å²) in [5.74, 6) is 0.668. The van der Waals surface area contributed by atoms with E-state index in [1.807, 2.05) is 25.7 Å². The van der Waals surface area contributed by atoms with Crippen molar-refractivity contribution in [1.29, 1.82) is 0 Å². The number of benzene rings is 1. The third-order valence-corrected chi connectivity index (χ3v) is 6.06. The second-order valence-electron chi connectivity index (χ2n) is 7.39. The molecule has 0 saturated carbocycles. The van der Waals surface area contributed by atoms with Crippen LogP contribution in [0.2, 0.25) is 0 Å². The van der Waals surface area contributed by atoms with Gasteiger partial charge < -0.3 is 15.0 Å². The number of amides is 1. The molecule has 1 amide bonds. The zero-order valence-electron chi connectivity index (χ0n) is 16.7. The predicted octanol–water partition coefficient (Wildman–Crippen LogP) is 4.91. The van der Waals surface area contributed by atoms with Crippen LogP contribution in [-0.2, 0) is 0 Å². The van der Waals surface area contributed by atoms with Crippen LogP contribution in [-0.4, -0.2) is 40.0 Å². The highest BCUT2D eigenvalue weighted by molar-refractivity contribution is 7.20. The number of carbonyl (C=O) groups excluding carboxylic acids is 1. The van der Waals surface area contributed by atoms with Gasteiger partial charge in [0.1, 0.15) is 28.5 Å². The summed E-state index contributed by atoms with van der Waals surface area (Å²) in [5.41, 5.74) is 1.47. The summed E-state index contributed by atoms with van der Waals surface area (Å²) in [6, 6.07) is 4.35. The first-order chi connectivity index (χ1) is 13.9. The van der Waals surface area contributed by atoms with E-state index in [0.717, 1.165) is 41.7 Å². The number of rotatable bonds is 5. The Morgan fingerprint density at radius 1 is 1.28 bits per heavy atom. The molecule has 152 valence electrons. The standard InChI is InChI=1S/C21H23FN4O2S/c1-12(2)28-16-10-14(22)6-7-15(16)25-19-17-13(3)18(29-20(17)24-11-23-19)21(27)26-8-4-5-9-26/h6-7,10-12H,4-5,8-9H2,1-3H3,(H,23,24,25). The topological polar surface area (TPSA) is 67.4 Å². The Labute approximate surface area is 172 Å². The Kier molecular flexibility index (Phi) is 5.36. The minimum absolute atomic E-state index is 0.0552. The van der Waals surface area contributed by atoms with Crippen molar-refractivity contribution in [1.82, 2.24) is 14.9 Å². The number of likely N-dealkylation sites (tertiary alicyclic amines) is 1. The minimum Gasteiger partial charge on any atom is -0.489 e. The third-order valence-electron chi connectivity index (χ3n) is 4.87. The predicted molar refractivity (Wildman–Crippen MR) is 113 cm³/mol. The lowest BCUT2D eigenvalue weighted by molar-refractivity contribution is 0.0797. The van der Waals surface area contributed by atoms with E-state index in [1.165, 1.54) is 29.8 Å². The number of nitrogens with one attached hydrogen (secondary N) is 1. The van der Waals surface area contributed by atoms with Crippen molar-refractivity contribution >= 4 is 39.0 Å². The van der Waals surface area contributed by atoms with E-state index in [-0.39, 0.29) is 17.8 Å². The molecule has 0 atom stereocenters. The second kappa shape index (κ2) is 7.94. The first-order valence-corrected chi connectivity index (χ1v) is 10.5. The van der Waals surface area contributed by atoms with Crippen molar-refractivity contribution < 1.29 is 13.9 Å². The quantitative estimate of drug-likeness (QED) is 0.643. The summed E-state index contributed by atoms with van der Waals surface area (Å²) in [5, 5.41) is 4.06. The number of anilines is 2. The van der Waals surface area contributed by atoms with Gasteiger partial charge in [0.05, 0.1) is 22.1 Å². The van der Waals surface area contributed by atoms with Crippen LogP contribution in [0.1, 0.15) is 41.9 Å². The number of hydrogen-bond donors (Lipinski definition) is 1. The van der Waals surface area contributed by atoms with Crippen molar-refractivity contribution in [3.05, 3.63) is 40.8 Å². The van der Waals surface area contributed by atoms with Crippen molar-refractivity contribution in [3.63, 3.8) is 0 Å². The van der Waals surface area contributed by atoms with Gasteiger partial charge in [-0.25, -0.2) is 14.4 Å². The number of ether oxygens (including phenoxy) is 1. The lowest BCUT2D eigenvalue weighted by Gasteiger charge is -2.16. The van der Waals surface area contributed by atoms with Gasteiger partial charge in [-0.2, -0.15) is 0 Å². The smallest absolute Gasteiger partial charge is 0.264 e. The zero-order valence-corrected chi connectivity index (χ0v) is 17.5. The average molecular weight is 415 g/mol. The van der Waals surface area contributed by atoms with Gasteiger partial charge in [0.15, 0.2) is 0 Å². The van der Waals surface area contributed by atoms with Gasteiger partial charge >= 0.3 is 0 Å². The molecule has 0 radical (unpaired) electrons. The van der Waals surface area contributed by atoms with Gasteiger partial charge in [0.2, 0.25) is 0 Å². The van der Waals surface area contributed by atoms with E-state index < -0.39 is 0 Å². The van der Waals surface area contributed by atoms with Crippen LogP contribution in [0.5, 0.6) is 5.75 Å². The van der Waals surface area contributed by atoms with Crippen LogP contribution < -0.4 is 10.1 Å². The largest absolute Gasteiger partial charge is 0.489 e. The van der Waals surface area contributed by atoms with Crippen LogP contribution in [0.15, 0.2) is 24.5 Å². The van der Waals surface area contributed by atoms with E-state index in [1.54, 1.807) is 6.07 Å². The van der Waals surface area contributed by atoms with Crippen LogP contribution in [0, 0.1) is 12.7 Å². The first kappa shape index (κ1) is 19.6. The van der Waals surface area contributed by atoms with E-state index >= 15 is 0 Å². The van der Waals surface area contributed by atoms with E-state index in [0.29, 0.717) is 22.1 Å². The summed E-state index contributed by atoms with van der Waals surface area (Å²) < 4.78 is 19.5. The Balaban J connectivity index is 1.73. The highest BCUT2D eigenvalue weighted by Gasteiger charge is 2.25. The Morgan fingerprint density at radius 3 is 2.76 bits per heavy atom. The fraction of sp³-hybridized carbons (Fsp3) is 0.381. The summed E-state index contributed by atoms with van der Waals surface area (Å²) in [7, 11) is 0. The molecule has 0 spiro atoms. The molecule has 8 heteroatoms. The van der Waals surface area contributed by atoms with E-state index in [9.17, 15) is 9.18 Å². The fourth-order valence-electron chi connectivity index (χ4n) is 3.51. The molecule has 4 rings (SSSR count). The van der Waals surface area contributed by atoms with Gasteiger partial charge in [-0.05, 0) is 51.3 Å². The highest BCUT2D eigenvalue weighted by Crippen LogP contribution is 2.37. The molecule has 1 aliphatic rings. The molecule has 1 saturated heterocycles. The number of aromatic nitrogens is 2. The summed E-state index contributed by atoms with van der Waals surface area (Å²) in [6.07, 6.45) is 3.46. The van der Waals surface area contributed by atoms with Crippen molar-refractivity contribution in [2.75, 3.05) is 18.4 Å². The van der Waals surface area contributed by atoms with E-state index in [2.05, 4.69) is 15.3 Å². The molecule has 2 aromatic heterocycles. The molecule has 3 heterocycles. The number of thiophene rings is 1. The number of carbonyl (C=O) groups is 1. The second-order valence-corrected chi connectivity index (χ2v) is 8.39. The molecule has 0 unspecified atom stereocenters. The maximum absolute atomic E-state index is 13.7. The van der Waals surface area contributed by atoms with Crippen LogP contribution >= 0.6 is 11.3 Å². The summed E-state index contributed by atoms with van der Waals surface area (Å²) in [4.78, 5) is 25.0. The first-order valence-electron chi connectivity index (χ1n) is 9.70. The van der Waals surface area contributed by atoms with Gasteiger partial charge in [-0.15, -0.1) is 11.3 Å². The number of aryl methyl sites for hydroxylation is 1. The molecule has 1 fully saturated rings. The van der Waals surface area contributed by atoms with Gasteiger partial charge in [0.25, 0.3) is 5.91 Å². The summed E-state index contributed by atoms with van der Waals surface area (Å²) >= 11 is 1.39. The lowest BCUT2D eigenvalue weighted by Crippen LogP contribution is -2.27. The van der Waals surface area contributed by atoms with Crippen LogP contribution in [0.4, 0.5) is 15.9 Å². The SMILES string of the molecule is Cc1c(C(=O)N2CCCC2)sc2ncnc(Nc3ccc(F)cc3OC(C)C)c12. The highest BCUT2D eigenvalue weighted by atomic mass is 32.1. The van der Waals surface area contributed by atoms with Gasteiger partial charge in [-0.1, -0.05) is 0 Å². The molecule has 1 aromatic carbocycles. The molecule has 0 aliphatic carbocycles. The van der Waals surface area contributed by atoms with Crippen molar-refractivity contribution in [2.45, 2.75) is 39.7 Å². The lowest BCUT2D eigenvalue weighted by atomic mass is 10.2. The minimum atomic E-state index is -0.371. The Morgan fingerprint density at radius 2 is 2.03 bits per heavy atom. The van der Waals surface area contributed by atoms with Crippen LogP contribution in [0.3, 0.4) is 0 Å². The fourth-order valence-corrected chi connectivity index (χ4v) is 4.63. The molecule has 0 bridgehead atoms. The number of nitrogens with zero attached hydrogens (tertiary/aromatic N) is 3. The third kappa shape index (κ3) is 3.89. The number of halogens is 1. The molecule has 1 aliphatic heterocycles. The molecule has 3 aromatic rings. The monoisotopic (exact) mass is 414 g/mol.